The zero-order valence-electron chi connectivity index (χ0n) is 18.3. The summed E-state index contributed by atoms with van der Waals surface area (Å²) in [5.74, 6) is -0.613. The van der Waals surface area contributed by atoms with Crippen LogP contribution in [0.25, 0.3) is 10.8 Å². The Morgan fingerprint density at radius 2 is 1.50 bits per heavy atom. The van der Waals surface area contributed by atoms with Gasteiger partial charge in [-0.3, -0.25) is 24.2 Å². The van der Waals surface area contributed by atoms with Gasteiger partial charge in [-0.1, -0.05) is 54.6 Å². The molecule has 2 aliphatic heterocycles. The quantitative estimate of drug-likeness (QED) is 0.540. The maximum atomic E-state index is 12.8. The Balaban J connectivity index is 1.13. The third kappa shape index (κ3) is 3.95. The fourth-order valence-corrected chi connectivity index (χ4v) is 5.28. The SMILES string of the molecule is O=C(CCN1C(=O)C2CC=CCC2C1=O)N1CCN(Cc2cccc3ccccc23)CC1. The summed E-state index contributed by atoms with van der Waals surface area (Å²) in [5, 5.41) is 2.53. The lowest BCUT2D eigenvalue weighted by atomic mass is 9.85. The summed E-state index contributed by atoms with van der Waals surface area (Å²) in [6.45, 7) is 4.09. The van der Waals surface area contributed by atoms with Crippen LogP contribution in [0.1, 0.15) is 24.8 Å². The van der Waals surface area contributed by atoms with Gasteiger partial charge in [-0.05, 0) is 29.2 Å². The van der Waals surface area contributed by atoms with Crippen molar-refractivity contribution >= 4 is 28.5 Å². The molecule has 0 radical (unpaired) electrons. The van der Waals surface area contributed by atoms with E-state index < -0.39 is 0 Å². The molecule has 2 aromatic rings. The van der Waals surface area contributed by atoms with Crippen LogP contribution >= 0.6 is 0 Å². The summed E-state index contributed by atoms with van der Waals surface area (Å²) < 4.78 is 0. The highest BCUT2D eigenvalue weighted by atomic mass is 16.2. The summed E-state index contributed by atoms with van der Waals surface area (Å²) >= 11 is 0. The van der Waals surface area contributed by atoms with Gasteiger partial charge in [-0.2, -0.15) is 0 Å². The molecule has 2 unspecified atom stereocenters. The van der Waals surface area contributed by atoms with Gasteiger partial charge in [-0.25, -0.2) is 0 Å². The van der Waals surface area contributed by atoms with Crippen LogP contribution in [0.15, 0.2) is 54.6 Å². The second-order valence-corrected chi connectivity index (χ2v) is 9.03. The number of benzene rings is 2. The van der Waals surface area contributed by atoms with E-state index in [9.17, 15) is 14.4 Å². The summed E-state index contributed by atoms with van der Waals surface area (Å²) in [6, 6.07) is 14.8. The molecule has 3 aliphatic rings. The summed E-state index contributed by atoms with van der Waals surface area (Å²) in [4.78, 5) is 43.5. The van der Waals surface area contributed by atoms with Crippen molar-refractivity contribution < 1.29 is 14.4 Å². The number of allylic oxidation sites excluding steroid dienone is 2. The molecule has 3 amide bonds. The molecule has 0 spiro atoms. The van der Waals surface area contributed by atoms with Crippen LogP contribution in [-0.4, -0.2) is 65.1 Å². The van der Waals surface area contributed by atoms with Crippen LogP contribution in [0.4, 0.5) is 0 Å². The van der Waals surface area contributed by atoms with Crippen molar-refractivity contribution in [2.24, 2.45) is 11.8 Å². The third-order valence-corrected chi connectivity index (χ3v) is 7.15. The Morgan fingerprint density at radius 3 is 2.22 bits per heavy atom. The predicted molar refractivity (Wildman–Crippen MR) is 122 cm³/mol. The molecule has 6 heteroatoms. The molecule has 2 heterocycles. The van der Waals surface area contributed by atoms with E-state index in [4.69, 9.17) is 0 Å². The zero-order chi connectivity index (χ0) is 22.1. The molecule has 0 saturated carbocycles. The summed E-state index contributed by atoms with van der Waals surface area (Å²) in [6.07, 6.45) is 5.46. The van der Waals surface area contributed by atoms with E-state index in [-0.39, 0.29) is 42.5 Å². The highest BCUT2D eigenvalue weighted by Crippen LogP contribution is 2.35. The molecule has 6 nitrogen and oxygen atoms in total. The van der Waals surface area contributed by atoms with E-state index >= 15 is 0 Å². The van der Waals surface area contributed by atoms with Crippen molar-refractivity contribution in [2.45, 2.75) is 25.8 Å². The first kappa shape index (κ1) is 20.9. The minimum atomic E-state index is -0.222. The van der Waals surface area contributed by atoms with Crippen molar-refractivity contribution in [3.63, 3.8) is 0 Å². The minimum absolute atomic E-state index is 0.0309. The predicted octanol–water partition coefficient (Wildman–Crippen LogP) is 2.83. The Hall–Kier alpha value is -2.99. The third-order valence-electron chi connectivity index (χ3n) is 7.15. The molecule has 32 heavy (non-hydrogen) atoms. The number of carbonyl (C=O) groups excluding carboxylic acids is 3. The molecule has 0 aromatic heterocycles. The number of hydrogen-bond donors (Lipinski definition) is 0. The van der Waals surface area contributed by atoms with Crippen LogP contribution in [0.3, 0.4) is 0 Å². The number of imide groups is 1. The van der Waals surface area contributed by atoms with Gasteiger partial charge in [0.1, 0.15) is 0 Å². The largest absolute Gasteiger partial charge is 0.340 e. The number of piperazine rings is 1. The molecule has 1 aliphatic carbocycles. The van der Waals surface area contributed by atoms with Crippen molar-refractivity contribution in [3.05, 3.63) is 60.2 Å². The van der Waals surface area contributed by atoms with E-state index in [1.165, 1.54) is 21.2 Å². The summed E-state index contributed by atoms with van der Waals surface area (Å²) in [5.41, 5.74) is 1.31. The van der Waals surface area contributed by atoms with Gasteiger partial charge in [0.15, 0.2) is 0 Å². The van der Waals surface area contributed by atoms with E-state index in [1.807, 2.05) is 17.1 Å². The zero-order valence-corrected chi connectivity index (χ0v) is 18.3. The highest BCUT2D eigenvalue weighted by molar-refractivity contribution is 6.05. The van der Waals surface area contributed by atoms with Gasteiger partial charge in [0.05, 0.1) is 11.8 Å². The van der Waals surface area contributed by atoms with Crippen molar-refractivity contribution in [2.75, 3.05) is 32.7 Å². The molecule has 2 atom stereocenters. The van der Waals surface area contributed by atoms with Crippen LogP contribution in [0, 0.1) is 11.8 Å². The van der Waals surface area contributed by atoms with E-state index in [1.54, 1.807) is 0 Å². The Labute approximate surface area is 188 Å². The monoisotopic (exact) mass is 431 g/mol. The van der Waals surface area contributed by atoms with Gasteiger partial charge >= 0.3 is 0 Å². The van der Waals surface area contributed by atoms with Crippen LogP contribution < -0.4 is 0 Å². The number of carbonyl (C=O) groups is 3. The van der Waals surface area contributed by atoms with Gasteiger partial charge < -0.3 is 4.90 Å². The first-order valence-corrected chi connectivity index (χ1v) is 11.6. The molecule has 0 N–H and O–H groups in total. The van der Waals surface area contributed by atoms with E-state index in [2.05, 4.69) is 47.4 Å². The molecular formula is C26H29N3O3. The normalized spacial score (nSPS) is 23.8. The Morgan fingerprint density at radius 1 is 0.844 bits per heavy atom. The van der Waals surface area contributed by atoms with Crippen LogP contribution in [0.2, 0.25) is 0 Å². The molecule has 0 bridgehead atoms. The van der Waals surface area contributed by atoms with Gasteiger partial charge in [-0.15, -0.1) is 0 Å². The number of hydrogen-bond acceptors (Lipinski definition) is 4. The fraction of sp³-hybridized carbons (Fsp3) is 0.423. The average molecular weight is 432 g/mol. The topological polar surface area (TPSA) is 60.9 Å². The second-order valence-electron chi connectivity index (χ2n) is 9.03. The Bertz CT molecular complexity index is 1040. The first-order chi connectivity index (χ1) is 15.6. The number of likely N-dealkylation sites (tertiary alicyclic amines) is 1. The van der Waals surface area contributed by atoms with Crippen molar-refractivity contribution in [1.82, 2.24) is 14.7 Å². The van der Waals surface area contributed by atoms with Crippen LogP contribution in [0.5, 0.6) is 0 Å². The highest BCUT2D eigenvalue weighted by Gasteiger charge is 2.47. The number of rotatable bonds is 5. The first-order valence-electron chi connectivity index (χ1n) is 11.6. The molecule has 2 aromatic carbocycles. The lowest BCUT2D eigenvalue weighted by Crippen LogP contribution is -2.49. The van der Waals surface area contributed by atoms with Crippen LogP contribution in [-0.2, 0) is 20.9 Å². The van der Waals surface area contributed by atoms with Crippen molar-refractivity contribution in [3.8, 4) is 0 Å². The lowest BCUT2D eigenvalue weighted by molar-refractivity contribution is -0.141. The van der Waals surface area contributed by atoms with E-state index in [0.29, 0.717) is 25.9 Å². The Kier molecular flexibility index (Phi) is 5.79. The maximum absolute atomic E-state index is 12.8. The van der Waals surface area contributed by atoms with Gasteiger partial charge in [0.2, 0.25) is 17.7 Å². The maximum Gasteiger partial charge on any atom is 0.233 e. The number of fused-ring (bicyclic) bond motifs is 2. The smallest absolute Gasteiger partial charge is 0.233 e. The molecule has 5 rings (SSSR count). The number of nitrogens with zero attached hydrogens (tertiary/aromatic N) is 3. The molecule has 2 fully saturated rings. The minimum Gasteiger partial charge on any atom is -0.340 e. The van der Waals surface area contributed by atoms with E-state index in [0.717, 1.165) is 19.6 Å². The van der Waals surface area contributed by atoms with Gasteiger partial charge in [0.25, 0.3) is 0 Å². The van der Waals surface area contributed by atoms with Gasteiger partial charge in [0, 0.05) is 45.7 Å². The fourth-order valence-electron chi connectivity index (χ4n) is 5.28. The molecular weight excluding hydrogens is 402 g/mol. The summed E-state index contributed by atoms with van der Waals surface area (Å²) in [7, 11) is 0. The number of amides is 3. The molecule has 2 saturated heterocycles. The molecule has 166 valence electrons. The standard InChI is InChI=1S/C26H29N3O3/c30-24(12-13-29-25(31)22-10-3-4-11-23(22)26(29)32)28-16-14-27(15-17-28)18-20-8-5-7-19-6-1-2-9-21(19)20/h1-9,22-23H,10-18H2. The second kappa shape index (κ2) is 8.87. The van der Waals surface area contributed by atoms with Crippen molar-refractivity contribution in [1.29, 1.82) is 0 Å². The average Bonchev–Trinajstić information content (AvgIpc) is 3.08. The lowest BCUT2D eigenvalue weighted by Gasteiger charge is -2.35.